The van der Waals surface area contributed by atoms with E-state index in [1.807, 2.05) is 12.1 Å². The first-order chi connectivity index (χ1) is 17.3. The van der Waals surface area contributed by atoms with Crippen molar-refractivity contribution in [3.8, 4) is 0 Å². The molecule has 1 unspecified atom stereocenters. The first-order valence-electron chi connectivity index (χ1n) is 12.2. The maximum Gasteiger partial charge on any atom is 0.198 e. The fourth-order valence-electron chi connectivity index (χ4n) is 5.32. The average molecular weight is 461 g/mol. The van der Waals surface area contributed by atoms with Gasteiger partial charge in [-0.3, -0.25) is 0 Å². The summed E-state index contributed by atoms with van der Waals surface area (Å²) >= 11 is 0. The van der Waals surface area contributed by atoms with Gasteiger partial charge in [-0.25, -0.2) is 9.98 Å². The molecule has 3 atom stereocenters. The molecule has 0 spiro atoms. The highest BCUT2D eigenvalue weighted by molar-refractivity contribution is 6.04. The predicted molar refractivity (Wildman–Crippen MR) is 140 cm³/mol. The summed E-state index contributed by atoms with van der Waals surface area (Å²) in [4.78, 5) is 10.2. The van der Waals surface area contributed by atoms with Crippen molar-refractivity contribution in [1.29, 1.82) is 0 Å². The zero-order valence-electron chi connectivity index (χ0n) is 19.5. The Kier molecular flexibility index (Phi) is 5.79. The first kappa shape index (κ1) is 21.6. The van der Waals surface area contributed by atoms with Crippen molar-refractivity contribution in [1.82, 2.24) is 0 Å². The number of benzene rings is 3. The van der Waals surface area contributed by atoms with E-state index in [1.165, 1.54) is 5.56 Å². The SMILES string of the molecule is C1=CCC(c2ccccc2)(C(C2=N[C@H](c3ccccc3)CO2)C2=N[C@H](c3ccccc3)CO2)C=C1. The van der Waals surface area contributed by atoms with Crippen LogP contribution < -0.4 is 0 Å². The van der Waals surface area contributed by atoms with Gasteiger partial charge in [0.1, 0.15) is 31.2 Å². The van der Waals surface area contributed by atoms with E-state index in [2.05, 4.69) is 103 Å². The summed E-state index contributed by atoms with van der Waals surface area (Å²) in [6.45, 7) is 1.05. The number of rotatable bonds is 6. The lowest BCUT2D eigenvalue weighted by molar-refractivity contribution is 0.264. The lowest BCUT2D eigenvalue weighted by Gasteiger charge is -2.38. The topological polar surface area (TPSA) is 43.2 Å². The first-order valence-corrected chi connectivity index (χ1v) is 12.2. The van der Waals surface area contributed by atoms with Crippen LogP contribution in [0.25, 0.3) is 0 Å². The van der Waals surface area contributed by atoms with Crippen LogP contribution in [0.2, 0.25) is 0 Å². The van der Waals surface area contributed by atoms with E-state index in [9.17, 15) is 0 Å². The fourth-order valence-corrected chi connectivity index (χ4v) is 5.32. The van der Waals surface area contributed by atoms with Crippen molar-refractivity contribution in [3.05, 3.63) is 132 Å². The smallest absolute Gasteiger partial charge is 0.198 e. The molecule has 2 heterocycles. The molecule has 3 aromatic rings. The average Bonchev–Trinajstić information content (AvgIpc) is 3.62. The van der Waals surface area contributed by atoms with Crippen molar-refractivity contribution in [2.24, 2.45) is 15.9 Å². The van der Waals surface area contributed by atoms with Gasteiger partial charge in [-0.15, -0.1) is 0 Å². The number of nitrogens with zero attached hydrogens (tertiary/aromatic N) is 2. The Balaban J connectivity index is 1.46. The van der Waals surface area contributed by atoms with Gasteiger partial charge in [-0.05, 0) is 23.1 Å². The van der Waals surface area contributed by atoms with Crippen LogP contribution in [0, 0.1) is 5.92 Å². The van der Waals surface area contributed by atoms with Gasteiger partial charge in [0.2, 0.25) is 0 Å². The summed E-state index contributed by atoms with van der Waals surface area (Å²) in [6, 6.07) is 31.3. The van der Waals surface area contributed by atoms with Crippen molar-refractivity contribution < 1.29 is 9.47 Å². The summed E-state index contributed by atoms with van der Waals surface area (Å²) < 4.78 is 12.7. The summed E-state index contributed by atoms with van der Waals surface area (Å²) in [5.74, 6) is 1.15. The van der Waals surface area contributed by atoms with Gasteiger partial charge in [0, 0.05) is 5.41 Å². The van der Waals surface area contributed by atoms with Crippen LogP contribution in [-0.4, -0.2) is 25.0 Å². The molecule has 0 saturated carbocycles. The largest absolute Gasteiger partial charge is 0.478 e. The van der Waals surface area contributed by atoms with Gasteiger partial charge in [-0.1, -0.05) is 115 Å². The predicted octanol–water partition coefficient (Wildman–Crippen LogP) is 6.40. The van der Waals surface area contributed by atoms with Crippen molar-refractivity contribution in [2.45, 2.75) is 23.9 Å². The minimum Gasteiger partial charge on any atom is -0.478 e. The van der Waals surface area contributed by atoms with E-state index in [0.29, 0.717) is 25.0 Å². The van der Waals surface area contributed by atoms with Gasteiger partial charge in [0.15, 0.2) is 11.8 Å². The molecule has 0 N–H and O–H groups in total. The summed E-state index contributed by atoms with van der Waals surface area (Å²) in [5, 5.41) is 0. The molecule has 0 saturated heterocycles. The zero-order valence-corrected chi connectivity index (χ0v) is 19.5. The van der Waals surface area contributed by atoms with E-state index in [1.54, 1.807) is 0 Å². The molecule has 35 heavy (non-hydrogen) atoms. The van der Waals surface area contributed by atoms with Gasteiger partial charge in [0.25, 0.3) is 0 Å². The molecule has 0 aromatic heterocycles. The van der Waals surface area contributed by atoms with Crippen molar-refractivity contribution >= 4 is 11.8 Å². The minimum atomic E-state index is -0.398. The summed E-state index contributed by atoms with van der Waals surface area (Å²) in [5.41, 5.74) is 3.12. The molecule has 174 valence electrons. The molecular formula is C31H28N2O2. The Morgan fingerprint density at radius 1 is 0.657 bits per heavy atom. The monoisotopic (exact) mass is 460 g/mol. The molecule has 3 aromatic carbocycles. The van der Waals surface area contributed by atoms with Gasteiger partial charge >= 0.3 is 0 Å². The standard InChI is InChI=1S/C31H28N2O2/c1-5-13-23(14-6-1)26-21-34-29(32-26)28(30-33-27(22-35-30)24-15-7-2-8-16-24)31(19-11-4-12-20-31)25-17-9-3-10-18-25/h1-19,26-28H,20-22H2/t26-,27-,31?/m0/s1. The Morgan fingerprint density at radius 3 is 1.66 bits per heavy atom. The van der Waals surface area contributed by atoms with E-state index in [-0.39, 0.29) is 18.0 Å². The van der Waals surface area contributed by atoms with Gasteiger partial charge < -0.3 is 9.47 Å². The molecule has 0 fully saturated rings. The lowest BCUT2D eigenvalue weighted by atomic mass is 9.66. The Labute approximate surface area is 206 Å². The molecule has 1 aliphatic carbocycles. The molecule has 3 aliphatic rings. The van der Waals surface area contributed by atoms with Gasteiger partial charge in [-0.2, -0.15) is 0 Å². The number of allylic oxidation sites excluding steroid dienone is 4. The molecule has 2 aliphatic heterocycles. The van der Waals surface area contributed by atoms with E-state index >= 15 is 0 Å². The summed E-state index contributed by atoms with van der Waals surface area (Å²) in [7, 11) is 0. The fraction of sp³-hybridized carbons (Fsp3) is 0.226. The van der Waals surface area contributed by atoms with E-state index in [4.69, 9.17) is 19.5 Å². The molecule has 0 bridgehead atoms. The van der Waals surface area contributed by atoms with Crippen molar-refractivity contribution in [3.63, 3.8) is 0 Å². The van der Waals surface area contributed by atoms with Gasteiger partial charge in [0.05, 0.1) is 0 Å². The molecular weight excluding hydrogens is 432 g/mol. The molecule has 4 heteroatoms. The quantitative estimate of drug-likeness (QED) is 0.427. The lowest BCUT2D eigenvalue weighted by Crippen LogP contribution is -2.44. The second kappa shape index (κ2) is 9.38. The number of ether oxygens (including phenoxy) is 2. The molecule has 0 amide bonds. The Morgan fingerprint density at radius 2 is 1.17 bits per heavy atom. The van der Waals surface area contributed by atoms with Crippen LogP contribution in [-0.2, 0) is 14.9 Å². The van der Waals surface area contributed by atoms with Crippen LogP contribution in [0.3, 0.4) is 0 Å². The van der Waals surface area contributed by atoms with E-state index < -0.39 is 5.41 Å². The number of hydrogen-bond acceptors (Lipinski definition) is 4. The highest BCUT2D eigenvalue weighted by Crippen LogP contribution is 2.45. The maximum absolute atomic E-state index is 6.37. The normalized spacial score (nSPS) is 25.2. The maximum atomic E-state index is 6.37. The second-order valence-corrected chi connectivity index (χ2v) is 9.24. The van der Waals surface area contributed by atoms with Crippen LogP contribution in [0.1, 0.15) is 35.2 Å². The van der Waals surface area contributed by atoms with Crippen LogP contribution >= 0.6 is 0 Å². The van der Waals surface area contributed by atoms with Crippen molar-refractivity contribution in [2.75, 3.05) is 13.2 Å². The minimum absolute atomic E-state index is 0.0310. The Bertz CT molecular complexity index is 1220. The number of hydrogen-bond donors (Lipinski definition) is 0. The van der Waals surface area contributed by atoms with Crippen LogP contribution in [0.5, 0.6) is 0 Å². The molecule has 4 nitrogen and oxygen atoms in total. The number of aliphatic imine (C=N–C) groups is 2. The Hall–Kier alpha value is -3.92. The molecule has 6 rings (SSSR count). The second-order valence-electron chi connectivity index (χ2n) is 9.24. The van der Waals surface area contributed by atoms with Crippen LogP contribution in [0.15, 0.2) is 125 Å². The highest BCUT2D eigenvalue weighted by Gasteiger charge is 2.49. The highest BCUT2D eigenvalue weighted by atomic mass is 16.5. The van der Waals surface area contributed by atoms with Crippen LogP contribution in [0.4, 0.5) is 0 Å². The third kappa shape index (κ3) is 4.10. The third-order valence-electron chi connectivity index (χ3n) is 7.13. The zero-order chi connectivity index (χ0) is 23.5. The third-order valence-corrected chi connectivity index (χ3v) is 7.13. The summed E-state index contributed by atoms with van der Waals surface area (Å²) in [6.07, 6.45) is 9.53. The van der Waals surface area contributed by atoms with E-state index in [0.717, 1.165) is 17.5 Å². The molecule has 0 radical (unpaired) electrons.